The molecule has 0 aliphatic carbocycles. The maximum absolute atomic E-state index is 13.1. The molecular formula is C19H20N6O4S2. The SMILES string of the molecule is COC(=O)c1sccc1S(=O)(=O)N1CCN(c2cc(Nc3ccccn3)ncn2)CC1. The van der Waals surface area contributed by atoms with Gasteiger partial charge in [-0.15, -0.1) is 11.3 Å². The summed E-state index contributed by atoms with van der Waals surface area (Å²) < 4.78 is 32.2. The highest BCUT2D eigenvalue weighted by Gasteiger charge is 2.33. The van der Waals surface area contributed by atoms with Gasteiger partial charge in [0.15, 0.2) is 0 Å². The van der Waals surface area contributed by atoms with E-state index in [1.54, 1.807) is 17.6 Å². The zero-order valence-electron chi connectivity index (χ0n) is 16.6. The van der Waals surface area contributed by atoms with Crippen LogP contribution in [0.25, 0.3) is 0 Å². The Morgan fingerprint density at radius 2 is 1.90 bits per heavy atom. The number of rotatable bonds is 6. The molecular weight excluding hydrogens is 440 g/mol. The van der Waals surface area contributed by atoms with Crippen molar-refractivity contribution in [3.63, 3.8) is 0 Å². The summed E-state index contributed by atoms with van der Waals surface area (Å²) in [7, 11) is -2.56. The van der Waals surface area contributed by atoms with Gasteiger partial charge in [0.25, 0.3) is 0 Å². The fraction of sp³-hybridized carbons (Fsp3) is 0.263. The van der Waals surface area contributed by atoms with E-state index < -0.39 is 16.0 Å². The lowest BCUT2D eigenvalue weighted by Gasteiger charge is -2.34. The van der Waals surface area contributed by atoms with Crippen LogP contribution in [0, 0.1) is 0 Å². The topological polar surface area (TPSA) is 118 Å². The number of nitrogens with zero attached hydrogens (tertiary/aromatic N) is 5. The van der Waals surface area contributed by atoms with Gasteiger partial charge in [-0.05, 0) is 23.6 Å². The molecule has 0 radical (unpaired) electrons. The Hall–Kier alpha value is -3.09. The lowest BCUT2D eigenvalue weighted by atomic mass is 10.3. The molecule has 4 heterocycles. The first-order chi connectivity index (χ1) is 15.0. The molecule has 31 heavy (non-hydrogen) atoms. The molecule has 1 aliphatic heterocycles. The van der Waals surface area contributed by atoms with Crippen LogP contribution < -0.4 is 10.2 Å². The van der Waals surface area contributed by atoms with E-state index in [4.69, 9.17) is 4.74 Å². The Labute approximate surface area is 183 Å². The largest absolute Gasteiger partial charge is 0.465 e. The number of anilines is 3. The second-order valence-corrected chi connectivity index (χ2v) is 9.42. The van der Waals surface area contributed by atoms with E-state index in [9.17, 15) is 13.2 Å². The zero-order valence-corrected chi connectivity index (χ0v) is 18.3. The molecule has 12 heteroatoms. The minimum Gasteiger partial charge on any atom is -0.465 e. The molecule has 10 nitrogen and oxygen atoms in total. The summed E-state index contributed by atoms with van der Waals surface area (Å²) in [5, 5.41) is 4.70. The monoisotopic (exact) mass is 460 g/mol. The summed E-state index contributed by atoms with van der Waals surface area (Å²) in [6, 6.07) is 8.77. The van der Waals surface area contributed by atoms with Crippen LogP contribution >= 0.6 is 11.3 Å². The Morgan fingerprint density at radius 3 is 2.61 bits per heavy atom. The van der Waals surface area contributed by atoms with Crippen molar-refractivity contribution in [1.82, 2.24) is 19.3 Å². The number of hydrogen-bond acceptors (Lipinski definition) is 10. The fourth-order valence-electron chi connectivity index (χ4n) is 3.20. The minimum atomic E-state index is -3.80. The highest BCUT2D eigenvalue weighted by molar-refractivity contribution is 7.89. The van der Waals surface area contributed by atoms with Crippen molar-refractivity contribution in [3.05, 3.63) is 53.1 Å². The van der Waals surface area contributed by atoms with Gasteiger partial charge in [0.2, 0.25) is 10.0 Å². The van der Waals surface area contributed by atoms with Crippen LogP contribution in [0.2, 0.25) is 0 Å². The Morgan fingerprint density at radius 1 is 1.10 bits per heavy atom. The van der Waals surface area contributed by atoms with Gasteiger partial charge in [0, 0.05) is 38.4 Å². The van der Waals surface area contributed by atoms with E-state index in [1.807, 2.05) is 23.1 Å². The van der Waals surface area contributed by atoms with Crippen molar-refractivity contribution in [2.75, 3.05) is 43.5 Å². The van der Waals surface area contributed by atoms with Crippen molar-refractivity contribution in [1.29, 1.82) is 0 Å². The molecule has 162 valence electrons. The van der Waals surface area contributed by atoms with Gasteiger partial charge < -0.3 is 15.0 Å². The van der Waals surface area contributed by atoms with Crippen LogP contribution in [-0.4, -0.2) is 66.9 Å². The molecule has 0 aromatic carbocycles. The highest BCUT2D eigenvalue weighted by Crippen LogP contribution is 2.27. The van der Waals surface area contributed by atoms with E-state index in [2.05, 4.69) is 20.3 Å². The highest BCUT2D eigenvalue weighted by atomic mass is 32.2. The third-order valence-corrected chi connectivity index (χ3v) is 7.72. The number of methoxy groups -OCH3 is 1. The number of esters is 1. The van der Waals surface area contributed by atoms with Crippen LogP contribution in [0.5, 0.6) is 0 Å². The average molecular weight is 461 g/mol. The van der Waals surface area contributed by atoms with Crippen LogP contribution in [-0.2, 0) is 14.8 Å². The van der Waals surface area contributed by atoms with Crippen molar-refractivity contribution >= 4 is 44.8 Å². The van der Waals surface area contributed by atoms with Crippen molar-refractivity contribution in [2.24, 2.45) is 0 Å². The molecule has 0 atom stereocenters. The molecule has 1 saturated heterocycles. The summed E-state index contributed by atoms with van der Waals surface area (Å²) >= 11 is 1.05. The first kappa shape index (κ1) is 21.2. The van der Waals surface area contributed by atoms with Gasteiger partial charge in [-0.1, -0.05) is 6.07 Å². The van der Waals surface area contributed by atoms with Crippen LogP contribution in [0.4, 0.5) is 17.5 Å². The molecule has 1 N–H and O–H groups in total. The number of thiophene rings is 1. The summed E-state index contributed by atoms with van der Waals surface area (Å²) in [6.45, 7) is 1.45. The predicted molar refractivity (Wildman–Crippen MR) is 116 cm³/mol. The summed E-state index contributed by atoms with van der Waals surface area (Å²) in [5.74, 6) is 1.30. The standard InChI is InChI=1S/C19H20N6O4S2/c1-29-19(26)18-14(5-11-30-18)31(27,28)25-9-7-24(8-10-25)17-12-16(21-13-22-17)23-15-4-2-3-6-20-15/h2-6,11-13H,7-10H2,1H3,(H,20,21,22,23). The number of sulfonamides is 1. The van der Waals surface area contributed by atoms with Crippen LogP contribution in [0.3, 0.4) is 0 Å². The summed E-state index contributed by atoms with van der Waals surface area (Å²) in [5.41, 5.74) is 0. The third kappa shape index (κ3) is 4.50. The fourth-order valence-corrected chi connectivity index (χ4v) is 5.93. The van der Waals surface area contributed by atoms with Crippen LogP contribution in [0.1, 0.15) is 9.67 Å². The number of nitrogens with one attached hydrogen (secondary N) is 1. The average Bonchev–Trinajstić information content (AvgIpc) is 3.31. The number of carbonyl (C=O) groups excluding carboxylic acids is 1. The van der Waals surface area contributed by atoms with Crippen molar-refractivity contribution in [2.45, 2.75) is 4.90 Å². The summed E-state index contributed by atoms with van der Waals surface area (Å²) in [6.07, 6.45) is 3.14. The van der Waals surface area contributed by atoms with Crippen molar-refractivity contribution < 1.29 is 17.9 Å². The van der Waals surface area contributed by atoms with Gasteiger partial charge in [0.1, 0.15) is 33.6 Å². The van der Waals surface area contributed by atoms with Crippen LogP contribution in [0.15, 0.2) is 53.1 Å². The maximum atomic E-state index is 13.1. The quantitative estimate of drug-likeness (QED) is 0.551. The molecule has 0 unspecified atom stereocenters. The normalized spacial score (nSPS) is 14.9. The summed E-state index contributed by atoms with van der Waals surface area (Å²) in [4.78, 5) is 26.7. The van der Waals surface area contributed by atoms with Gasteiger partial charge in [-0.3, -0.25) is 0 Å². The van der Waals surface area contributed by atoms with E-state index in [0.29, 0.717) is 30.5 Å². The van der Waals surface area contributed by atoms with E-state index >= 15 is 0 Å². The van der Waals surface area contributed by atoms with E-state index in [1.165, 1.54) is 23.8 Å². The zero-order chi connectivity index (χ0) is 21.8. The molecule has 0 spiro atoms. The molecule has 0 amide bonds. The molecule has 3 aromatic rings. The molecule has 1 fully saturated rings. The van der Waals surface area contributed by atoms with Crippen molar-refractivity contribution in [3.8, 4) is 0 Å². The predicted octanol–water partition coefficient (Wildman–Crippen LogP) is 1.97. The Bertz CT molecular complexity index is 1160. The number of hydrogen-bond donors (Lipinski definition) is 1. The molecule has 1 aliphatic rings. The molecule has 3 aromatic heterocycles. The number of ether oxygens (including phenoxy) is 1. The first-order valence-corrected chi connectivity index (χ1v) is 11.7. The van der Waals surface area contributed by atoms with Gasteiger partial charge in [0.05, 0.1) is 7.11 Å². The van der Waals surface area contributed by atoms with Gasteiger partial charge >= 0.3 is 5.97 Å². The third-order valence-electron chi connectivity index (χ3n) is 4.75. The lowest BCUT2D eigenvalue weighted by Crippen LogP contribution is -2.49. The minimum absolute atomic E-state index is 0.0123. The smallest absolute Gasteiger partial charge is 0.349 e. The van der Waals surface area contributed by atoms with Gasteiger partial charge in [-0.2, -0.15) is 4.31 Å². The second-order valence-electron chi connectivity index (χ2n) is 6.60. The molecule has 0 saturated carbocycles. The number of piperazine rings is 1. The molecule has 0 bridgehead atoms. The van der Waals surface area contributed by atoms with E-state index in [-0.39, 0.29) is 22.9 Å². The maximum Gasteiger partial charge on any atom is 0.349 e. The first-order valence-electron chi connectivity index (χ1n) is 9.40. The Kier molecular flexibility index (Phi) is 6.11. The lowest BCUT2D eigenvalue weighted by molar-refractivity contribution is 0.0602. The second kappa shape index (κ2) is 8.96. The number of carbonyl (C=O) groups is 1. The Balaban J connectivity index is 1.45. The van der Waals surface area contributed by atoms with Gasteiger partial charge in [-0.25, -0.2) is 28.2 Å². The van der Waals surface area contributed by atoms with E-state index in [0.717, 1.165) is 11.3 Å². The number of aromatic nitrogens is 3. The molecule has 4 rings (SSSR count). The number of pyridine rings is 1.